The molecule has 2 amide bonds. The lowest BCUT2D eigenvalue weighted by Crippen LogP contribution is -2.36. The summed E-state index contributed by atoms with van der Waals surface area (Å²) in [6, 6.07) is 4.05. The van der Waals surface area contributed by atoms with Crippen LogP contribution in [0.5, 0.6) is 11.5 Å². The largest absolute Gasteiger partial charge is 0.504 e. The van der Waals surface area contributed by atoms with Crippen molar-refractivity contribution < 1.29 is 19.8 Å². The predicted molar refractivity (Wildman–Crippen MR) is 98.1 cm³/mol. The van der Waals surface area contributed by atoms with Crippen LogP contribution in [0.2, 0.25) is 0 Å². The number of benzene rings is 1. The van der Waals surface area contributed by atoms with Gasteiger partial charge in [0.25, 0.3) is 17.5 Å². The Labute approximate surface area is 158 Å². The van der Waals surface area contributed by atoms with E-state index in [1.54, 1.807) is 6.26 Å². The molecule has 0 spiro atoms. The van der Waals surface area contributed by atoms with E-state index >= 15 is 0 Å². The maximum absolute atomic E-state index is 12.1. The summed E-state index contributed by atoms with van der Waals surface area (Å²) in [6.45, 7) is 8.91. The first-order valence-corrected chi connectivity index (χ1v) is 8.77. The maximum Gasteiger partial charge on any atom is 0.275 e. The molecular formula is C17H13N5O4S. The summed E-state index contributed by atoms with van der Waals surface area (Å²) in [5.41, 5.74) is 3.29. The number of hydrogen-bond donors (Lipinski definition) is 3. The first-order valence-electron chi connectivity index (χ1n) is 7.55. The van der Waals surface area contributed by atoms with Gasteiger partial charge in [-0.15, -0.1) is 11.8 Å². The summed E-state index contributed by atoms with van der Waals surface area (Å²) in [5, 5.41) is 20.3. The number of nitrogens with one attached hydrogen (secondary N) is 1. The quantitative estimate of drug-likeness (QED) is 0.242. The zero-order valence-electron chi connectivity index (χ0n) is 14.2. The molecule has 10 heteroatoms. The molecule has 3 N–H and O–H groups in total. The van der Waals surface area contributed by atoms with Crippen LogP contribution in [0.4, 0.5) is 11.5 Å². The van der Waals surface area contributed by atoms with Crippen LogP contribution >= 0.6 is 11.8 Å². The molecule has 0 radical (unpaired) electrons. The number of hydrogen-bond acceptors (Lipinski definition) is 8. The molecule has 2 heterocycles. The van der Waals surface area contributed by atoms with Crippen molar-refractivity contribution in [1.29, 1.82) is 0 Å². The number of phenols is 2. The Morgan fingerprint density at radius 3 is 2.52 bits per heavy atom. The van der Waals surface area contributed by atoms with Crippen LogP contribution in [-0.4, -0.2) is 43.3 Å². The molecule has 1 aromatic heterocycles. The highest BCUT2D eigenvalue weighted by atomic mass is 32.2. The van der Waals surface area contributed by atoms with Crippen LogP contribution in [0.15, 0.2) is 34.9 Å². The first-order chi connectivity index (χ1) is 12.8. The molecular weight excluding hydrogens is 370 g/mol. The summed E-state index contributed by atoms with van der Waals surface area (Å²) in [5.74, 6) is -1.62. The standard InChI is InChI=1S/C17H13N5O4S/c1-8-6-12(25)22(17(8)26)21-15-13(18-2)16(27-3)20-14(19-15)9-4-5-10(23)11(24)7-9/h4-7,23-24H,1,3H3,(H,19,20,21). The number of carbonyl (C=O) groups excluding carboxylic acids is 2. The van der Waals surface area contributed by atoms with Gasteiger partial charge in [0.15, 0.2) is 23.1 Å². The Morgan fingerprint density at radius 2 is 1.96 bits per heavy atom. The minimum Gasteiger partial charge on any atom is -0.504 e. The number of amides is 2. The fourth-order valence-corrected chi connectivity index (χ4v) is 2.86. The Hall–Kier alpha value is -3.58. The number of imide groups is 1. The number of hydrazine groups is 1. The summed E-state index contributed by atoms with van der Waals surface area (Å²) >= 11 is 1.19. The van der Waals surface area contributed by atoms with Crippen molar-refractivity contribution in [2.75, 3.05) is 11.7 Å². The average molecular weight is 383 g/mol. The number of anilines is 1. The second-order valence-corrected chi connectivity index (χ2v) is 6.28. The second kappa shape index (κ2) is 6.97. The molecule has 0 unspecified atom stereocenters. The fourth-order valence-electron chi connectivity index (χ4n) is 2.35. The Balaban J connectivity index is 2.09. The SMILES string of the molecule is [C-]#[N+]c1c(NN2C(=O)C=C(C)C2=O)nc(-c2ccc(O)c(O)c2)nc1SC. The number of rotatable bonds is 4. The van der Waals surface area contributed by atoms with Crippen LogP contribution in [0.3, 0.4) is 0 Å². The number of carbonyl (C=O) groups is 2. The van der Waals surface area contributed by atoms with E-state index in [1.165, 1.54) is 43.0 Å². The van der Waals surface area contributed by atoms with E-state index in [0.29, 0.717) is 10.6 Å². The number of nitrogens with zero attached hydrogens (tertiary/aromatic N) is 4. The molecule has 0 fully saturated rings. The van der Waals surface area contributed by atoms with E-state index in [-0.39, 0.29) is 34.4 Å². The van der Waals surface area contributed by atoms with Gasteiger partial charge >= 0.3 is 0 Å². The Morgan fingerprint density at radius 1 is 1.22 bits per heavy atom. The predicted octanol–water partition coefficient (Wildman–Crippen LogP) is 2.47. The van der Waals surface area contributed by atoms with E-state index in [1.807, 2.05) is 0 Å². The van der Waals surface area contributed by atoms with Gasteiger partial charge in [-0.2, -0.15) is 5.01 Å². The number of thioether (sulfide) groups is 1. The van der Waals surface area contributed by atoms with Gasteiger partial charge in [-0.1, -0.05) is 0 Å². The van der Waals surface area contributed by atoms with Gasteiger partial charge in [0.05, 0.1) is 6.57 Å². The summed E-state index contributed by atoms with van der Waals surface area (Å²) in [7, 11) is 0. The number of aromatic nitrogens is 2. The molecule has 0 saturated carbocycles. The molecule has 0 aliphatic carbocycles. The van der Waals surface area contributed by atoms with Crippen molar-refractivity contribution in [3.8, 4) is 22.9 Å². The van der Waals surface area contributed by atoms with Gasteiger partial charge in [-0.3, -0.25) is 15.0 Å². The minimum absolute atomic E-state index is 0.0169. The summed E-state index contributed by atoms with van der Waals surface area (Å²) in [6.07, 6.45) is 2.90. The van der Waals surface area contributed by atoms with E-state index in [9.17, 15) is 19.8 Å². The van der Waals surface area contributed by atoms with E-state index < -0.39 is 11.8 Å². The molecule has 0 atom stereocenters. The van der Waals surface area contributed by atoms with Crippen molar-refractivity contribution in [2.24, 2.45) is 0 Å². The van der Waals surface area contributed by atoms with Gasteiger partial charge < -0.3 is 10.2 Å². The van der Waals surface area contributed by atoms with E-state index in [4.69, 9.17) is 6.57 Å². The molecule has 3 rings (SSSR count). The van der Waals surface area contributed by atoms with Gasteiger partial charge in [-0.05, 0) is 31.4 Å². The summed E-state index contributed by atoms with van der Waals surface area (Å²) < 4.78 is 0. The fraction of sp³-hybridized carbons (Fsp3) is 0.118. The Bertz CT molecular complexity index is 1040. The smallest absolute Gasteiger partial charge is 0.275 e. The average Bonchev–Trinajstić information content (AvgIpc) is 2.89. The van der Waals surface area contributed by atoms with Crippen molar-refractivity contribution in [3.63, 3.8) is 0 Å². The maximum atomic E-state index is 12.1. The zero-order chi connectivity index (χ0) is 19.7. The zero-order valence-corrected chi connectivity index (χ0v) is 15.0. The van der Waals surface area contributed by atoms with Crippen molar-refractivity contribution in [1.82, 2.24) is 15.0 Å². The lowest BCUT2D eigenvalue weighted by atomic mass is 10.2. The van der Waals surface area contributed by atoms with Gasteiger partial charge in [0.2, 0.25) is 0 Å². The third-order valence-corrected chi connectivity index (χ3v) is 4.38. The highest BCUT2D eigenvalue weighted by molar-refractivity contribution is 7.98. The van der Waals surface area contributed by atoms with Crippen molar-refractivity contribution in [2.45, 2.75) is 11.9 Å². The Kier molecular flexibility index (Phi) is 4.70. The monoisotopic (exact) mass is 383 g/mol. The highest BCUT2D eigenvalue weighted by Crippen LogP contribution is 2.37. The molecule has 1 aliphatic heterocycles. The van der Waals surface area contributed by atoms with E-state index in [2.05, 4.69) is 20.2 Å². The number of phenolic OH excluding ortho intramolecular Hbond substituents is 2. The van der Waals surface area contributed by atoms with Gasteiger partial charge in [-0.25, -0.2) is 14.8 Å². The normalized spacial score (nSPS) is 13.5. The lowest BCUT2D eigenvalue weighted by molar-refractivity contribution is -0.135. The molecule has 9 nitrogen and oxygen atoms in total. The lowest BCUT2D eigenvalue weighted by Gasteiger charge is -2.18. The van der Waals surface area contributed by atoms with Crippen LogP contribution < -0.4 is 5.43 Å². The van der Waals surface area contributed by atoms with Crippen molar-refractivity contribution >= 4 is 35.1 Å². The molecule has 136 valence electrons. The highest BCUT2D eigenvalue weighted by Gasteiger charge is 2.30. The third kappa shape index (κ3) is 3.28. The third-order valence-electron chi connectivity index (χ3n) is 3.71. The topological polar surface area (TPSA) is 120 Å². The number of aromatic hydroxyl groups is 2. The van der Waals surface area contributed by atoms with Crippen LogP contribution in [0.25, 0.3) is 16.2 Å². The molecule has 0 bridgehead atoms. The first kappa shape index (κ1) is 18.2. The molecule has 1 aliphatic rings. The molecule has 2 aromatic rings. The van der Waals surface area contributed by atoms with Gasteiger partial charge in [0.1, 0.15) is 5.03 Å². The van der Waals surface area contributed by atoms with Crippen LogP contribution in [0, 0.1) is 6.57 Å². The molecule has 0 saturated heterocycles. The van der Waals surface area contributed by atoms with Crippen LogP contribution in [-0.2, 0) is 9.59 Å². The minimum atomic E-state index is -0.568. The van der Waals surface area contributed by atoms with E-state index in [0.717, 1.165) is 5.01 Å². The summed E-state index contributed by atoms with van der Waals surface area (Å²) in [4.78, 5) is 36.0. The van der Waals surface area contributed by atoms with Crippen LogP contribution in [0.1, 0.15) is 6.92 Å². The van der Waals surface area contributed by atoms with Gasteiger partial charge in [0, 0.05) is 17.2 Å². The second-order valence-electron chi connectivity index (χ2n) is 5.49. The van der Waals surface area contributed by atoms with Crippen molar-refractivity contribution in [3.05, 3.63) is 41.3 Å². The molecule has 1 aromatic carbocycles. The molecule has 27 heavy (non-hydrogen) atoms.